The average molecular weight is 205 g/mol. The van der Waals surface area contributed by atoms with Crippen LogP contribution >= 0.6 is 0 Å². The van der Waals surface area contributed by atoms with Crippen LogP contribution in [0.25, 0.3) is 0 Å². The van der Waals surface area contributed by atoms with Gasteiger partial charge in [0, 0.05) is 43.8 Å². The van der Waals surface area contributed by atoms with Crippen LogP contribution in [-0.4, -0.2) is 19.3 Å². The molecule has 0 unspecified atom stereocenters. The number of nitrogens with two attached hydrogens (primary N) is 1. The van der Waals surface area contributed by atoms with Gasteiger partial charge in [0.25, 0.3) is 0 Å². The van der Waals surface area contributed by atoms with E-state index in [9.17, 15) is 0 Å². The molecule has 0 saturated heterocycles. The molecule has 2 aromatic heterocycles. The molecule has 5 nitrogen and oxygen atoms in total. The summed E-state index contributed by atoms with van der Waals surface area (Å²) in [7, 11) is 0. The lowest BCUT2D eigenvalue weighted by Crippen LogP contribution is -2.03. The average Bonchev–Trinajstić information content (AvgIpc) is 2.88. The van der Waals surface area contributed by atoms with Crippen LogP contribution in [0, 0.1) is 0 Å². The van der Waals surface area contributed by atoms with Gasteiger partial charge in [0.15, 0.2) is 0 Å². The van der Waals surface area contributed by atoms with E-state index in [4.69, 9.17) is 5.73 Å². The van der Waals surface area contributed by atoms with Crippen LogP contribution in [0.15, 0.2) is 31.1 Å². The smallest absolute Gasteiger partial charge is 0.0945 e. The van der Waals surface area contributed by atoms with Crippen LogP contribution in [0.5, 0.6) is 0 Å². The Kier molecular flexibility index (Phi) is 3.14. The van der Waals surface area contributed by atoms with E-state index in [2.05, 4.69) is 14.6 Å². The zero-order valence-electron chi connectivity index (χ0n) is 8.58. The molecule has 0 atom stereocenters. The van der Waals surface area contributed by atoms with Gasteiger partial charge in [0.05, 0.1) is 12.5 Å². The molecule has 2 heterocycles. The van der Waals surface area contributed by atoms with Crippen molar-refractivity contribution in [1.29, 1.82) is 0 Å². The second kappa shape index (κ2) is 4.75. The quantitative estimate of drug-likeness (QED) is 0.778. The van der Waals surface area contributed by atoms with E-state index in [0.29, 0.717) is 6.54 Å². The molecule has 0 fully saturated rings. The first kappa shape index (κ1) is 9.92. The highest BCUT2D eigenvalue weighted by Gasteiger charge is 1.96. The monoisotopic (exact) mass is 205 g/mol. The summed E-state index contributed by atoms with van der Waals surface area (Å²) in [5.41, 5.74) is 6.58. The summed E-state index contributed by atoms with van der Waals surface area (Å²) in [5.74, 6) is 0. The molecule has 0 bridgehead atoms. The third-order valence-electron chi connectivity index (χ3n) is 2.29. The highest BCUT2D eigenvalue weighted by molar-refractivity contribution is 5.02. The van der Waals surface area contributed by atoms with Gasteiger partial charge in [-0.2, -0.15) is 5.10 Å². The van der Waals surface area contributed by atoms with Crippen LogP contribution in [0.3, 0.4) is 0 Å². The highest BCUT2D eigenvalue weighted by atomic mass is 15.3. The van der Waals surface area contributed by atoms with E-state index >= 15 is 0 Å². The Morgan fingerprint density at radius 3 is 2.93 bits per heavy atom. The first-order chi connectivity index (χ1) is 7.38. The molecule has 5 heteroatoms. The van der Waals surface area contributed by atoms with E-state index in [1.165, 1.54) is 0 Å². The van der Waals surface area contributed by atoms with Gasteiger partial charge in [-0.15, -0.1) is 0 Å². The van der Waals surface area contributed by atoms with Crippen LogP contribution in [0.4, 0.5) is 0 Å². The van der Waals surface area contributed by atoms with E-state index < -0.39 is 0 Å². The minimum atomic E-state index is 0.557. The minimum Gasteiger partial charge on any atom is -0.337 e. The largest absolute Gasteiger partial charge is 0.337 e. The van der Waals surface area contributed by atoms with Crippen molar-refractivity contribution in [2.75, 3.05) is 0 Å². The Balaban J connectivity index is 1.78. The van der Waals surface area contributed by atoms with Crippen molar-refractivity contribution in [2.24, 2.45) is 5.73 Å². The summed E-state index contributed by atoms with van der Waals surface area (Å²) in [5, 5.41) is 4.22. The predicted octanol–water partition coefficient (Wildman–Crippen LogP) is 0.629. The second-order valence-electron chi connectivity index (χ2n) is 3.47. The van der Waals surface area contributed by atoms with Gasteiger partial charge >= 0.3 is 0 Å². The zero-order valence-corrected chi connectivity index (χ0v) is 8.58. The van der Waals surface area contributed by atoms with Gasteiger partial charge in [-0.05, 0) is 6.42 Å². The molecule has 0 aliphatic rings. The lowest BCUT2D eigenvalue weighted by Gasteiger charge is -2.02. The fraction of sp³-hybridized carbons (Fsp3) is 0.400. The maximum Gasteiger partial charge on any atom is 0.0945 e. The third-order valence-corrected chi connectivity index (χ3v) is 2.29. The van der Waals surface area contributed by atoms with Crippen molar-refractivity contribution in [3.63, 3.8) is 0 Å². The highest BCUT2D eigenvalue weighted by Crippen LogP contribution is 1.98. The van der Waals surface area contributed by atoms with Crippen LogP contribution in [-0.2, 0) is 19.6 Å². The lowest BCUT2D eigenvalue weighted by atomic mass is 10.4. The van der Waals surface area contributed by atoms with E-state index in [0.717, 1.165) is 25.1 Å². The fourth-order valence-corrected chi connectivity index (χ4v) is 1.47. The maximum absolute atomic E-state index is 5.50. The standard InChI is InChI=1S/C10H15N5/c11-6-10-7-13-15(8-10)4-1-3-14-5-2-12-9-14/h2,5,7-9H,1,3-4,6,11H2. The van der Waals surface area contributed by atoms with Crippen LogP contribution < -0.4 is 5.73 Å². The Hall–Kier alpha value is -1.62. The molecule has 2 rings (SSSR count). The second-order valence-corrected chi connectivity index (χ2v) is 3.47. The van der Waals surface area contributed by atoms with Gasteiger partial charge < -0.3 is 10.3 Å². The first-order valence-electron chi connectivity index (χ1n) is 5.05. The number of hydrogen-bond donors (Lipinski definition) is 1. The molecule has 0 saturated carbocycles. The third kappa shape index (κ3) is 2.66. The summed E-state index contributed by atoms with van der Waals surface area (Å²) >= 11 is 0. The summed E-state index contributed by atoms with van der Waals surface area (Å²) in [6.45, 7) is 2.44. The van der Waals surface area contributed by atoms with E-state index in [-0.39, 0.29) is 0 Å². The SMILES string of the molecule is NCc1cnn(CCCn2ccnc2)c1. The number of nitrogens with zero attached hydrogens (tertiary/aromatic N) is 4. The Morgan fingerprint density at radius 1 is 1.33 bits per heavy atom. The summed E-state index contributed by atoms with van der Waals surface area (Å²) < 4.78 is 3.99. The summed E-state index contributed by atoms with van der Waals surface area (Å²) in [6.07, 6.45) is 10.4. The Morgan fingerprint density at radius 2 is 2.27 bits per heavy atom. The first-order valence-corrected chi connectivity index (χ1v) is 5.05. The number of rotatable bonds is 5. The van der Waals surface area contributed by atoms with Crippen molar-refractivity contribution in [1.82, 2.24) is 19.3 Å². The zero-order chi connectivity index (χ0) is 10.5. The number of aromatic nitrogens is 4. The molecule has 15 heavy (non-hydrogen) atoms. The molecule has 2 N–H and O–H groups in total. The molecule has 0 aliphatic carbocycles. The van der Waals surface area contributed by atoms with Crippen molar-refractivity contribution in [3.8, 4) is 0 Å². The molecule has 0 spiro atoms. The van der Waals surface area contributed by atoms with Crippen LogP contribution in [0.1, 0.15) is 12.0 Å². The van der Waals surface area contributed by atoms with Crippen molar-refractivity contribution in [2.45, 2.75) is 26.1 Å². The molecule has 0 aliphatic heterocycles. The van der Waals surface area contributed by atoms with Crippen molar-refractivity contribution >= 4 is 0 Å². The molecule has 80 valence electrons. The predicted molar refractivity (Wildman–Crippen MR) is 57.0 cm³/mol. The van der Waals surface area contributed by atoms with Crippen molar-refractivity contribution < 1.29 is 0 Å². The van der Waals surface area contributed by atoms with Gasteiger partial charge in [0.2, 0.25) is 0 Å². The van der Waals surface area contributed by atoms with Gasteiger partial charge in [0.1, 0.15) is 0 Å². The number of aryl methyl sites for hydroxylation is 2. The van der Waals surface area contributed by atoms with Gasteiger partial charge in [-0.3, -0.25) is 4.68 Å². The lowest BCUT2D eigenvalue weighted by molar-refractivity contribution is 0.526. The van der Waals surface area contributed by atoms with Crippen molar-refractivity contribution in [3.05, 3.63) is 36.7 Å². The minimum absolute atomic E-state index is 0.557. The normalized spacial score (nSPS) is 10.7. The molecule has 0 radical (unpaired) electrons. The molecule has 2 aromatic rings. The molecule has 0 amide bonds. The van der Waals surface area contributed by atoms with E-state index in [1.807, 2.05) is 29.6 Å². The maximum atomic E-state index is 5.50. The van der Waals surface area contributed by atoms with Crippen LogP contribution in [0.2, 0.25) is 0 Å². The Labute approximate surface area is 88.5 Å². The Bertz CT molecular complexity index is 390. The summed E-state index contributed by atoms with van der Waals surface area (Å²) in [6, 6.07) is 0. The molecular weight excluding hydrogens is 190 g/mol. The molecular formula is C10H15N5. The van der Waals surface area contributed by atoms with Gasteiger partial charge in [-0.1, -0.05) is 0 Å². The molecule has 0 aromatic carbocycles. The van der Waals surface area contributed by atoms with E-state index in [1.54, 1.807) is 6.20 Å². The number of imidazole rings is 1. The number of hydrogen-bond acceptors (Lipinski definition) is 3. The van der Waals surface area contributed by atoms with Gasteiger partial charge in [-0.25, -0.2) is 4.98 Å². The summed E-state index contributed by atoms with van der Waals surface area (Å²) in [4.78, 5) is 3.99. The fourth-order valence-electron chi connectivity index (χ4n) is 1.47. The topological polar surface area (TPSA) is 61.7 Å².